The second-order valence-electron chi connectivity index (χ2n) is 4.42. The molecule has 0 saturated carbocycles. The number of aromatic amines is 1. The van der Waals surface area contributed by atoms with Gasteiger partial charge in [0.15, 0.2) is 0 Å². The summed E-state index contributed by atoms with van der Waals surface area (Å²) in [6.07, 6.45) is -3.76. The molecule has 0 unspecified atom stereocenters. The van der Waals surface area contributed by atoms with Gasteiger partial charge < -0.3 is 14.5 Å². The highest BCUT2D eigenvalue weighted by molar-refractivity contribution is 7.92. The number of halogens is 3. The predicted molar refractivity (Wildman–Crippen MR) is 76.1 cm³/mol. The molecule has 0 atom stereocenters. The van der Waals surface area contributed by atoms with Gasteiger partial charge in [0.2, 0.25) is 0 Å². The van der Waals surface area contributed by atoms with Crippen molar-refractivity contribution in [3.63, 3.8) is 0 Å². The number of esters is 1. The minimum Gasteiger partial charge on any atom is -0.464 e. The number of hydrogen-bond acceptors (Lipinski definition) is 5. The molecule has 0 aliphatic carbocycles. The topological polar surface area (TPSA) is 97.5 Å². The lowest BCUT2D eigenvalue weighted by Gasteiger charge is -2.10. The van der Waals surface area contributed by atoms with Gasteiger partial charge in [-0.3, -0.25) is 4.72 Å². The Labute approximate surface area is 134 Å². The van der Waals surface area contributed by atoms with Crippen molar-refractivity contribution >= 4 is 21.7 Å². The van der Waals surface area contributed by atoms with E-state index in [0.29, 0.717) is 0 Å². The number of ether oxygens (including phenoxy) is 2. The third kappa shape index (κ3) is 4.41. The van der Waals surface area contributed by atoms with E-state index >= 15 is 0 Å². The van der Waals surface area contributed by atoms with Gasteiger partial charge in [-0.25, -0.2) is 13.2 Å². The molecular weight excluding hydrogens is 353 g/mol. The molecule has 0 amide bonds. The second kappa shape index (κ2) is 6.43. The zero-order chi connectivity index (χ0) is 18.0. The van der Waals surface area contributed by atoms with Crippen LogP contribution in [0.25, 0.3) is 0 Å². The minimum atomic E-state index is -4.84. The highest BCUT2D eigenvalue weighted by atomic mass is 32.2. The van der Waals surface area contributed by atoms with Gasteiger partial charge >= 0.3 is 12.3 Å². The summed E-state index contributed by atoms with van der Waals surface area (Å²) in [4.78, 5) is 13.5. The molecule has 1 heterocycles. The Morgan fingerprint density at radius 2 is 1.83 bits per heavy atom. The average Bonchev–Trinajstić information content (AvgIpc) is 2.97. The third-order valence-corrected chi connectivity index (χ3v) is 4.07. The molecule has 2 N–H and O–H groups in total. The van der Waals surface area contributed by atoms with Crippen LogP contribution in [0.5, 0.6) is 5.75 Å². The molecule has 130 valence electrons. The SMILES string of the molecule is COC(=O)c1cc(S(=O)(=O)Nc2ccc(OC(F)(F)F)cc2)c[nH]1. The number of sulfonamides is 1. The molecule has 11 heteroatoms. The van der Waals surface area contributed by atoms with Gasteiger partial charge in [0.1, 0.15) is 16.3 Å². The molecule has 2 rings (SSSR count). The van der Waals surface area contributed by atoms with Crippen LogP contribution >= 0.6 is 0 Å². The van der Waals surface area contributed by atoms with Crippen molar-refractivity contribution in [2.45, 2.75) is 11.3 Å². The van der Waals surface area contributed by atoms with Crippen LogP contribution in [0.2, 0.25) is 0 Å². The van der Waals surface area contributed by atoms with Crippen LogP contribution in [0, 0.1) is 0 Å². The molecule has 0 aliphatic heterocycles. The first-order chi connectivity index (χ1) is 11.1. The monoisotopic (exact) mass is 364 g/mol. The van der Waals surface area contributed by atoms with Crippen molar-refractivity contribution in [2.75, 3.05) is 11.8 Å². The molecule has 1 aromatic carbocycles. The van der Waals surface area contributed by atoms with Gasteiger partial charge in [-0.2, -0.15) is 0 Å². The fourth-order valence-corrected chi connectivity index (χ4v) is 2.75. The molecule has 0 fully saturated rings. The van der Waals surface area contributed by atoms with E-state index in [1.54, 1.807) is 0 Å². The van der Waals surface area contributed by atoms with E-state index < -0.39 is 28.1 Å². The molecule has 0 radical (unpaired) electrons. The first-order valence-corrected chi connectivity index (χ1v) is 7.74. The van der Waals surface area contributed by atoms with Gasteiger partial charge in [-0.05, 0) is 30.3 Å². The number of aromatic nitrogens is 1. The first-order valence-electron chi connectivity index (χ1n) is 6.26. The highest BCUT2D eigenvalue weighted by Crippen LogP contribution is 2.25. The van der Waals surface area contributed by atoms with E-state index in [2.05, 4.69) is 19.2 Å². The molecule has 0 spiro atoms. The number of carbonyl (C=O) groups excluding carboxylic acids is 1. The highest BCUT2D eigenvalue weighted by Gasteiger charge is 2.31. The number of alkyl halides is 3. The Bertz CT molecular complexity index is 828. The summed E-state index contributed by atoms with van der Waals surface area (Å²) < 4.78 is 70.7. The number of nitrogens with one attached hydrogen (secondary N) is 2. The Hall–Kier alpha value is -2.69. The number of anilines is 1. The summed E-state index contributed by atoms with van der Waals surface area (Å²) in [5.41, 5.74) is -0.0443. The van der Waals surface area contributed by atoms with Crippen LogP contribution < -0.4 is 9.46 Å². The molecule has 1 aromatic heterocycles. The molecule has 0 aliphatic rings. The number of rotatable bonds is 5. The summed E-state index contributed by atoms with van der Waals surface area (Å²) in [6.45, 7) is 0. The van der Waals surface area contributed by atoms with Crippen LogP contribution in [-0.2, 0) is 14.8 Å². The predicted octanol–water partition coefficient (Wildman–Crippen LogP) is 2.50. The quantitative estimate of drug-likeness (QED) is 0.795. The Balaban J connectivity index is 2.14. The van der Waals surface area contributed by atoms with Crippen molar-refractivity contribution in [1.29, 1.82) is 0 Å². The molecule has 2 aromatic rings. The largest absolute Gasteiger partial charge is 0.573 e. The van der Waals surface area contributed by atoms with Gasteiger partial charge in [0.05, 0.1) is 7.11 Å². The standard InChI is InChI=1S/C13H11F3N2O5S/c1-22-12(19)11-6-10(7-17-11)24(20,21)18-8-2-4-9(5-3-8)23-13(14,15)16/h2-7,17-18H,1H3. The summed E-state index contributed by atoms with van der Waals surface area (Å²) >= 11 is 0. The van der Waals surface area contributed by atoms with Crippen LogP contribution in [0.15, 0.2) is 41.4 Å². The fourth-order valence-electron chi connectivity index (χ4n) is 1.70. The minimum absolute atomic E-state index is 0.0188. The van der Waals surface area contributed by atoms with E-state index in [1.807, 2.05) is 0 Å². The second-order valence-corrected chi connectivity index (χ2v) is 6.10. The van der Waals surface area contributed by atoms with E-state index in [9.17, 15) is 26.4 Å². The molecule has 0 bridgehead atoms. The normalized spacial score (nSPS) is 11.8. The van der Waals surface area contributed by atoms with Crippen molar-refractivity contribution in [3.05, 3.63) is 42.2 Å². The maximum atomic E-state index is 12.1. The van der Waals surface area contributed by atoms with E-state index in [4.69, 9.17) is 0 Å². The number of benzene rings is 1. The third-order valence-electron chi connectivity index (χ3n) is 2.71. The molecule has 0 saturated heterocycles. The lowest BCUT2D eigenvalue weighted by atomic mass is 10.3. The van der Waals surface area contributed by atoms with Gasteiger partial charge in [0.25, 0.3) is 10.0 Å². The molecule has 7 nitrogen and oxygen atoms in total. The van der Waals surface area contributed by atoms with Crippen molar-refractivity contribution in [3.8, 4) is 5.75 Å². The lowest BCUT2D eigenvalue weighted by Crippen LogP contribution is -2.17. The number of H-pyrrole nitrogens is 1. The van der Waals surface area contributed by atoms with Crippen molar-refractivity contribution in [1.82, 2.24) is 4.98 Å². The molecule has 24 heavy (non-hydrogen) atoms. The Morgan fingerprint density at radius 3 is 2.38 bits per heavy atom. The van der Waals surface area contributed by atoms with E-state index in [1.165, 1.54) is 0 Å². The zero-order valence-electron chi connectivity index (χ0n) is 12.0. The number of carbonyl (C=O) groups is 1. The average molecular weight is 364 g/mol. The van der Waals surface area contributed by atoms with Crippen LogP contribution in [0.4, 0.5) is 18.9 Å². The number of hydrogen-bond donors (Lipinski definition) is 2. The maximum Gasteiger partial charge on any atom is 0.573 e. The fraction of sp³-hybridized carbons (Fsp3) is 0.154. The molecular formula is C13H11F3N2O5S. The zero-order valence-corrected chi connectivity index (χ0v) is 12.9. The number of methoxy groups -OCH3 is 1. The van der Waals surface area contributed by atoms with Gasteiger partial charge in [-0.15, -0.1) is 13.2 Å². The van der Waals surface area contributed by atoms with Gasteiger partial charge in [0, 0.05) is 11.9 Å². The van der Waals surface area contributed by atoms with Crippen LogP contribution in [-0.4, -0.2) is 32.8 Å². The first kappa shape index (κ1) is 17.7. The summed E-state index contributed by atoms with van der Waals surface area (Å²) in [5.74, 6) is -1.23. The summed E-state index contributed by atoms with van der Waals surface area (Å²) in [5, 5.41) is 0. The smallest absolute Gasteiger partial charge is 0.464 e. The van der Waals surface area contributed by atoms with Crippen molar-refractivity contribution in [2.24, 2.45) is 0 Å². The van der Waals surface area contributed by atoms with E-state index in [-0.39, 0.29) is 16.3 Å². The van der Waals surface area contributed by atoms with Gasteiger partial charge in [-0.1, -0.05) is 0 Å². The van der Waals surface area contributed by atoms with Crippen LogP contribution in [0.3, 0.4) is 0 Å². The van der Waals surface area contributed by atoms with Crippen LogP contribution in [0.1, 0.15) is 10.5 Å². The van der Waals surface area contributed by atoms with Crippen molar-refractivity contribution < 1.29 is 35.9 Å². The van der Waals surface area contributed by atoms with E-state index in [0.717, 1.165) is 43.6 Å². The summed E-state index contributed by atoms with van der Waals surface area (Å²) in [7, 11) is -2.90. The maximum absolute atomic E-state index is 12.1. The Kier molecular flexibility index (Phi) is 4.73. The summed E-state index contributed by atoms with van der Waals surface area (Å²) in [6, 6.07) is 5.19. The lowest BCUT2D eigenvalue weighted by molar-refractivity contribution is -0.274. The Morgan fingerprint density at radius 1 is 1.21 bits per heavy atom.